The van der Waals surface area contributed by atoms with E-state index < -0.39 is 11.8 Å². The highest BCUT2D eigenvalue weighted by molar-refractivity contribution is 5.94. The average Bonchev–Trinajstić information content (AvgIpc) is 2.85. The van der Waals surface area contributed by atoms with Gasteiger partial charge < -0.3 is 9.84 Å². The molecule has 5 nitrogen and oxygen atoms in total. The van der Waals surface area contributed by atoms with Crippen molar-refractivity contribution in [2.45, 2.75) is 6.92 Å². The molecular formula is C16H13FN2O3. The fourth-order valence-corrected chi connectivity index (χ4v) is 2.45. The number of fused-ring (bicyclic) bond motifs is 1. The molecule has 2 heterocycles. The van der Waals surface area contributed by atoms with Gasteiger partial charge in [-0.05, 0) is 42.8 Å². The largest absolute Gasteiger partial charge is 0.496 e. The van der Waals surface area contributed by atoms with Crippen LogP contribution in [-0.4, -0.2) is 27.6 Å². The summed E-state index contributed by atoms with van der Waals surface area (Å²) >= 11 is 0. The Labute approximate surface area is 125 Å². The van der Waals surface area contributed by atoms with E-state index in [0.717, 1.165) is 11.8 Å². The first-order chi connectivity index (χ1) is 10.5. The lowest BCUT2D eigenvalue weighted by Gasteiger charge is -2.06. The maximum atomic E-state index is 13.4. The van der Waals surface area contributed by atoms with Gasteiger partial charge in [0, 0.05) is 11.8 Å². The number of carboxylic acid groups (broad SMARTS) is 1. The Morgan fingerprint density at radius 2 is 2.09 bits per heavy atom. The number of hydrogen-bond donors (Lipinski definition) is 1. The number of ether oxygens (including phenoxy) is 1. The Balaban J connectivity index is 2.28. The smallest absolute Gasteiger partial charge is 0.355 e. The van der Waals surface area contributed by atoms with Crippen LogP contribution in [0.15, 0.2) is 36.5 Å². The number of aryl methyl sites for hydroxylation is 1. The Bertz CT molecular complexity index is 886. The summed E-state index contributed by atoms with van der Waals surface area (Å²) in [7, 11) is 1.57. The van der Waals surface area contributed by atoms with Gasteiger partial charge in [-0.25, -0.2) is 14.2 Å². The third kappa shape index (κ3) is 2.18. The van der Waals surface area contributed by atoms with E-state index in [1.165, 1.54) is 16.5 Å². The fourth-order valence-electron chi connectivity index (χ4n) is 2.45. The first-order valence-corrected chi connectivity index (χ1v) is 6.57. The zero-order valence-electron chi connectivity index (χ0n) is 12.0. The second-order valence-electron chi connectivity index (χ2n) is 4.87. The summed E-state index contributed by atoms with van der Waals surface area (Å²) in [4.78, 5) is 15.9. The van der Waals surface area contributed by atoms with Crippen LogP contribution in [0.1, 0.15) is 16.1 Å². The molecule has 22 heavy (non-hydrogen) atoms. The minimum atomic E-state index is -1.17. The maximum Gasteiger partial charge on any atom is 0.355 e. The number of aromatic carboxylic acids is 1. The summed E-state index contributed by atoms with van der Waals surface area (Å²) in [5.74, 6) is -0.984. The van der Waals surface area contributed by atoms with Crippen LogP contribution in [-0.2, 0) is 0 Å². The summed E-state index contributed by atoms with van der Waals surface area (Å²) in [6.07, 6.45) is 1.12. The van der Waals surface area contributed by atoms with Crippen molar-refractivity contribution in [3.05, 3.63) is 53.6 Å². The van der Waals surface area contributed by atoms with E-state index in [4.69, 9.17) is 4.74 Å². The van der Waals surface area contributed by atoms with Crippen LogP contribution in [0.25, 0.3) is 16.9 Å². The maximum absolute atomic E-state index is 13.4. The number of rotatable bonds is 3. The Hall–Kier alpha value is -2.89. The molecule has 0 aliphatic carbocycles. The van der Waals surface area contributed by atoms with Gasteiger partial charge >= 0.3 is 5.97 Å². The highest BCUT2D eigenvalue weighted by Crippen LogP contribution is 2.29. The molecule has 0 saturated carbocycles. The minimum absolute atomic E-state index is 0.0703. The number of halogens is 1. The quantitative estimate of drug-likeness (QED) is 0.807. The molecule has 0 aliphatic heterocycles. The fraction of sp³-hybridized carbons (Fsp3) is 0.125. The number of benzene rings is 1. The molecule has 0 radical (unpaired) electrons. The molecular weight excluding hydrogens is 287 g/mol. The van der Waals surface area contributed by atoms with Gasteiger partial charge in [-0.2, -0.15) is 0 Å². The van der Waals surface area contributed by atoms with Crippen molar-refractivity contribution in [1.29, 1.82) is 0 Å². The molecule has 0 spiro atoms. The number of carboxylic acids is 1. The first-order valence-electron chi connectivity index (χ1n) is 6.57. The topological polar surface area (TPSA) is 63.8 Å². The third-order valence-corrected chi connectivity index (χ3v) is 3.45. The summed E-state index contributed by atoms with van der Waals surface area (Å²) in [6, 6.07) is 7.97. The molecule has 3 aromatic rings. The van der Waals surface area contributed by atoms with E-state index >= 15 is 0 Å². The van der Waals surface area contributed by atoms with Crippen molar-refractivity contribution < 1.29 is 19.0 Å². The van der Waals surface area contributed by atoms with E-state index in [0.29, 0.717) is 22.7 Å². The van der Waals surface area contributed by atoms with Gasteiger partial charge in [0.2, 0.25) is 0 Å². The molecule has 0 saturated heterocycles. The van der Waals surface area contributed by atoms with Gasteiger partial charge in [0.05, 0.1) is 7.11 Å². The number of aromatic nitrogens is 2. The number of imidazole rings is 1. The summed E-state index contributed by atoms with van der Waals surface area (Å²) in [6.45, 7) is 1.86. The van der Waals surface area contributed by atoms with E-state index in [2.05, 4.69) is 4.98 Å². The van der Waals surface area contributed by atoms with Crippen LogP contribution in [0.5, 0.6) is 5.75 Å². The van der Waals surface area contributed by atoms with Crippen molar-refractivity contribution in [1.82, 2.24) is 9.38 Å². The summed E-state index contributed by atoms with van der Waals surface area (Å²) < 4.78 is 19.8. The van der Waals surface area contributed by atoms with E-state index in [1.54, 1.807) is 25.3 Å². The predicted molar refractivity (Wildman–Crippen MR) is 78.8 cm³/mol. The van der Waals surface area contributed by atoms with Gasteiger partial charge in [-0.3, -0.25) is 4.40 Å². The number of methoxy groups -OCH3 is 1. The zero-order valence-corrected chi connectivity index (χ0v) is 12.0. The van der Waals surface area contributed by atoms with Crippen LogP contribution in [0, 0.1) is 12.7 Å². The van der Waals surface area contributed by atoms with Gasteiger partial charge in [0.1, 0.15) is 22.9 Å². The lowest BCUT2D eigenvalue weighted by Crippen LogP contribution is -2.04. The summed E-state index contributed by atoms with van der Waals surface area (Å²) in [5, 5.41) is 9.47. The Kier molecular flexibility index (Phi) is 3.29. The standard InChI is InChI=1S/C16H13FN2O3/c1-9-7-10(3-5-12(9)22-2)14-15(16(20)21)19-8-11(17)4-6-13(19)18-14/h3-8H,1-2H3,(H,20,21). The molecule has 0 atom stereocenters. The Morgan fingerprint density at radius 1 is 1.32 bits per heavy atom. The van der Waals surface area contributed by atoms with Gasteiger partial charge in [-0.15, -0.1) is 0 Å². The Morgan fingerprint density at radius 3 is 2.73 bits per heavy atom. The first kappa shape index (κ1) is 14.1. The SMILES string of the molecule is COc1ccc(-c2nc3ccc(F)cn3c2C(=O)O)cc1C. The van der Waals surface area contributed by atoms with E-state index in [1.807, 2.05) is 6.92 Å². The highest BCUT2D eigenvalue weighted by atomic mass is 19.1. The van der Waals surface area contributed by atoms with E-state index in [9.17, 15) is 14.3 Å². The van der Waals surface area contributed by atoms with Crippen molar-refractivity contribution in [3.63, 3.8) is 0 Å². The number of nitrogens with zero attached hydrogens (tertiary/aromatic N) is 2. The van der Waals surface area contributed by atoms with Crippen LogP contribution in [0.3, 0.4) is 0 Å². The van der Waals surface area contributed by atoms with Crippen LogP contribution in [0.4, 0.5) is 4.39 Å². The molecule has 3 rings (SSSR count). The second-order valence-corrected chi connectivity index (χ2v) is 4.87. The van der Waals surface area contributed by atoms with Crippen molar-refractivity contribution in [2.75, 3.05) is 7.11 Å². The lowest BCUT2D eigenvalue weighted by molar-refractivity contribution is 0.0690. The molecule has 1 N–H and O–H groups in total. The minimum Gasteiger partial charge on any atom is -0.496 e. The van der Waals surface area contributed by atoms with E-state index in [-0.39, 0.29) is 5.69 Å². The molecule has 0 unspecified atom stereocenters. The third-order valence-electron chi connectivity index (χ3n) is 3.45. The molecule has 0 aliphatic rings. The highest BCUT2D eigenvalue weighted by Gasteiger charge is 2.20. The van der Waals surface area contributed by atoms with Crippen LogP contribution in [0.2, 0.25) is 0 Å². The molecule has 6 heteroatoms. The van der Waals surface area contributed by atoms with Crippen molar-refractivity contribution in [2.24, 2.45) is 0 Å². The molecule has 0 amide bonds. The van der Waals surface area contributed by atoms with Crippen molar-refractivity contribution in [3.8, 4) is 17.0 Å². The lowest BCUT2D eigenvalue weighted by atomic mass is 10.1. The molecule has 0 fully saturated rings. The molecule has 2 aromatic heterocycles. The second kappa shape index (κ2) is 5.14. The normalized spacial score (nSPS) is 10.9. The van der Waals surface area contributed by atoms with Gasteiger partial charge in [0.15, 0.2) is 5.69 Å². The van der Waals surface area contributed by atoms with Crippen LogP contribution < -0.4 is 4.74 Å². The van der Waals surface area contributed by atoms with Gasteiger partial charge in [0.25, 0.3) is 0 Å². The number of hydrogen-bond acceptors (Lipinski definition) is 3. The average molecular weight is 300 g/mol. The molecule has 1 aromatic carbocycles. The monoisotopic (exact) mass is 300 g/mol. The molecule has 112 valence electrons. The van der Waals surface area contributed by atoms with Crippen molar-refractivity contribution >= 4 is 11.6 Å². The van der Waals surface area contributed by atoms with Crippen LogP contribution >= 0.6 is 0 Å². The number of pyridine rings is 1. The molecule has 0 bridgehead atoms. The zero-order chi connectivity index (χ0) is 15.9. The predicted octanol–water partition coefficient (Wildman–Crippen LogP) is 3.16. The summed E-state index contributed by atoms with van der Waals surface area (Å²) in [5.41, 5.74) is 2.10. The number of carbonyl (C=O) groups is 1. The van der Waals surface area contributed by atoms with Gasteiger partial charge in [-0.1, -0.05) is 0 Å².